The molecule has 0 amide bonds. The lowest BCUT2D eigenvalue weighted by Gasteiger charge is -2.32. The highest BCUT2D eigenvalue weighted by Crippen LogP contribution is 2.28. The van der Waals surface area contributed by atoms with Crippen LogP contribution in [0, 0.1) is 5.92 Å². The molecule has 1 fully saturated rings. The maximum Gasteiger partial charge on any atom is 0.242 e. The number of aryl methyl sites for hydroxylation is 1. The molecule has 0 aromatic carbocycles. The highest BCUT2D eigenvalue weighted by atomic mass is 32.2. The second-order valence-electron chi connectivity index (χ2n) is 6.38. The third kappa shape index (κ3) is 4.08. The van der Waals surface area contributed by atoms with E-state index < -0.39 is 10.0 Å². The number of nitrogens with zero attached hydrogens (tertiary/aromatic N) is 1. The fourth-order valence-electron chi connectivity index (χ4n) is 2.71. The predicted octanol–water partition coefficient (Wildman–Crippen LogP) is 2.08. The molecular weight excluding hydrogens is 286 g/mol. The van der Waals surface area contributed by atoms with Gasteiger partial charge < -0.3 is 9.88 Å². The molecule has 0 unspecified atom stereocenters. The Bertz CT molecular complexity index is 572. The fraction of sp³-hybridized carbons (Fsp3) is 0.733. The van der Waals surface area contributed by atoms with Crippen molar-refractivity contribution in [2.75, 3.05) is 0 Å². The van der Waals surface area contributed by atoms with Crippen LogP contribution in [0.15, 0.2) is 17.2 Å². The summed E-state index contributed by atoms with van der Waals surface area (Å²) >= 11 is 0. The Labute approximate surface area is 128 Å². The molecule has 6 heteroatoms. The normalized spacial score (nSPS) is 22.5. The van der Waals surface area contributed by atoms with Crippen molar-refractivity contribution in [3.8, 4) is 0 Å². The molecule has 2 N–H and O–H groups in total. The Morgan fingerprint density at radius 2 is 2.05 bits per heavy atom. The van der Waals surface area contributed by atoms with Crippen molar-refractivity contribution in [1.82, 2.24) is 14.6 Å². The van der Waals surface area contributed by atoms with E-state index in [0.717, 1.165) is 25.1 Å². The second-order valence-corrected chi connectivity index (χ2v) is 8.10. The van der Waals surface area contributed by atoms with Gasteiger partial charge in [-0.25, -0.2) is 13.1 Å². The molecule has 2 rings (SSSR count). The van der Waals surface area contributed by atoms with Gasteiger partial charge >= 0.3 is 0 Å². The van der Waals surface area contributed by atoms with Crippen molar-refractivity contribution >= 4 is 10.0 Å². The third-order valence-corrected chi connectivity index (χ3v) is 5.49. The van der Waals surface area contributed by atoms with E-state index >= 15 is 0 Å². The zero-order valence-corrected chi connectivity index (χ0v) is 14.2. The van der Waals surface area contributed by atoms with E-state index in [1.807, 2.05) is 11.5 Å². The van der Waals surface area contributed by atoms with Crippen molar-refractivity contribution in [2.24, 2.45) is 5.92 Å². The quantitative estimate of drug-likeness (QED) is 0.810. The molecule has 1 aliphatic rings. The number of rotatable bonds is 7. The average molecular weight is 313 g/mol. The zero-order chi connectivity index (χ0) is 15.6. The summed E-state index contributed by atoms with van der Waals surface area (Å²) in [6, 6.07) is 2.26. The molecule has 1 saturated carbocycles. The lowest BCUT2D eigenvalue weighted by Crippen LogP contribution is -2.43. The molecule has 0 atom stereocenters. The minimum Gasteiger partial charge on any atom is -0.349 e. The lowest BCUT2D eigenvalue weighted by atomic mass is 9.83. The Morgan fingerprint density at radius 3 is 2.57 bits per heavy atom. The number of aromatic nitrogens is 1. The maximum atomic E-state index is 12.4. The zero-order valence-electron chi connectivity index (χ0n) is 13.4. The van der Waals surface area contributed by atoms with E-state index in [1.165, 1.54) is 0 Å². The lowest BCUT2D eigenvalue weighted by molar-refractivity contribution is 0.270. The molecule has 0 radical (unpaired) electrons. The topological polar surface area (TPSA) is 63.1 Å². The predicted molar refractivity (Wildman–Crippen MR) is 84.6 cm³/mol. The van der Waals surface area contributed by atoms with Gasteiger partial charge in [-0.15, -0.1) is 0 Å². The Morgan fingerprint density at radius 1 is 1.38 bits per heavy atom. The summed E-state index contributed by atoms with van der Waals surface area (Å²) in [6.45, 7) is 9.78. The monoisotopic (exact) mass is 313 g/mol. The van der Waals surface area contributed by atoms with E-state index in [4.69, 9.17) is 0 Å². The summed E-state index contributed by atoms with van der Waals surface area (Å²) in [6.07, 6.45) is 3.62. The Kier molecular flexibility index (Phi) is 5.11. The summed E-state index contributed by atoms with van der Waals surface area (Å²) in [7, 11) is -3.39. The highest BCUT2D eigenvalue weighted by molar-refractivity contribution is 7.89. The smallest absolute Gasteiger partial charge is 0.242 e. The summed E-state index contributed by atoms with van der Waals surface area (Å²) in [4.78, 5) is 0.379. The van der Waals surface area contributed by atoms with Crippen molar-refractivity contribution < 1.29 is 8.42 Å². The Balaban J connectivity index is 2.11. The van der Waals surface area contributed by atoms with Crippen LogP contribution in [-0.4, -0.2) is 25.1 Å². The molecule has 1 aliphatic carbocycles. The number of hydrogen-bond acceptors (Lipinski definition) is 3. The second kappa shape index (κ2) is 6.50. The van der Waals surface area contributed by atoms with E-state index in [2.05, 4.69) is 30.8 Å². The van der Waals surface area contributed by atoms with E-state index in [0.29, 0.717) is 23.4 Å². The maximum absolute atomic E-state index is 12.4. The van der Waals surface area contributed by atoms with E-state index in [1.54, 1.807) is 12.3 Å². The van der Waals surface area contributed by atoms with E-state index in [9.17, 15) is 8.42 Å². The van der Waals surface area contributed by atoms with Crippen molar-refractivity contribution in [3.63, 3.8) is 0 Å². The molecule has 0 spiro atoms. The molecule has 21 heavy (non-hydrogen) atoms. The molecule has 0 bridgehead atoms. The first kappa shape index (κ1) is 16.5. The van der Waals surface area contributed by atoms with Crippen LogP contribution in [0.3, 0.4) is 0 Å². The van der Waals surface area contributed by atoms with Crippen LogP contribution in [0.1, 0.15) is 46.2 Å². The minimum absolute atomic E-state index is 0.104. The van der Waals surface area contributed by atoms with Gasteiger partial charge in [-0.2, -0.15) is 0 Å². The van der Waals surface area contributed by atoms with Crippen LogP contribution in [0.2, 0.25) is 0 Å². The highest BCUT2D eigenvalue weighted by Gasteiger charge is 2.30. The van der Waals surface area contributed by atoms with Crippen LogP contribution in [0.4, 0.5) is 0 Å². The van der Waals surface area contributed by atoms with Crippen LogP contribution < -0.4 is 10.0 Å². The molecule has 120 valence electrons. The summed E-state index contributed by atoms with van der Waals surface area (Å²) < 4.78 is 29.6. The third-order valence-electron chi connectivity index (χ3n) is 4.00. The van der Waals surface area contributed by atoms with Gasteiger partial charge in [0, 0.05) is 37.1 Å². The summed E-state index contributed by atoms with van der Waals surface area (Å²) in [5.41, 5.74) is 1.01. The van der Waals surface area contributed by atoms with Gasteiger partial charge in [-0.3, -0.25) is 0 Å². The van der Waals surface area contributed by atoms with Gasteiger partial charge in [-0.05, 0) is 31.7 Å². The van der Waals surface area contributed by atoms with Crippen LogP contribution in [0.5, 0.6) is 0 Å². The molecule has 1 aromatic heterocycles. The molecule has 1 heterocycles. The van der Waals surface area contributed by atoms with Gasteiger partial charge in [0.2, 0.25) is 10.0 Å². The number of hydrogen-bond donors (Lipinski definition) is 2. The Hall–Kier alpha value is -0.850. The molecule has 5 nitrogen and oxygen atoms in total. The average Bonchev–Trinajstić information content (AvgIpc) is 2.78. The first-order valence-electron chi connectivity index (χ1n) is 7.76. The minimum atomic E-state index is -3.39. The van der Waals surface area contributed by atoms with Crippen LogP contribution >= 0.6 is 0 Å². The summed E-state index contributed by atoms with van der Waals surface area (Å²) in [5.74, 6) is 0.628. The molecule has 0 saturated heterocycles. The van der Waals surface area contributed by atoms with Crippen molar-refractivity contribution in [2.45, 2.75) is 70.6 Å². The largest absolute Gasteiger partial charge is 0.349 e. The molecular formula is C15H27N3O2S. The van der Waals surface area contributed by atoms with Crippen LogP contribution in [0.25, 0.3) is 0 Å². The van der Waals surface area contributed by atoms with Gasteiger partial charge in [0.1, 0.15) is 0 Å². The first-order chi connectivity index (χ1) is 9.81. The van der Waals surface area contributed by atoms with Crippen molar-refractivity contribution in [1.29, 1.82) is 0 Å². The van der Waals surface area contributed by atoms with Gasteiger partial charge in [0.05, 0.1) is 4.90 Å². The van der Waals surface area contributed by atoms with Crippen molar-refractivity contribution in [3.05, 3.63) is 18.0 Å². The molecule has 1 aromatic rings. The van der Waals surface area contributed by atoms with Gasteiger partial charge in [0.15, 0.2) is 0 Å². The fourth-order valence-corrected chi connectivity index (χ4v) is 4.03. The standard InChI is InChI=1S/C15H27N3O2S/c1-5-18-10-15(8-14(18)9-16-11(2)3)21(19,20)17-13-6-12(4)7-13/h8,10-13,16-17H,5-7,9H2,1-4H3. The van der Waals surface area contributed by atoms with Gasteiger partial charge in [-0.1, -0.05) is 20.8 Å². The SMILES string of the molecule is CCn1cc(S(=O)(=O)NC2CC(C)C2)cc1CNC(C)C. The van der Waals surface area contributed by atoms with E-state index in [-0.39, 0.29) is 6.04 Å². The van der Waals surface area contributed by atoms with Crippen LogP contribution in [-0.2, 0) is 23.1 Å². The number of nitrogens with one attached hydrogen (secondary N) is 2. The number of sulfonamides is 1. The molecule has 0 aliphatic heterocycles. The summed E-state index contributed by atoms with van der Waals surface area (Å²) in [5, 5.41) is 3.33. The first-order valence-corrected chi connectivity index (χ1v) is 9.25. The van der Waals surface area contributed by atoms with Gasteiger partial charge in [0.25, 0.3) is 0 Å².